The number of nitrogens with zero attached hydrogens (tertiary/aromatic N) is 1. The number of rotatable bonds is 2. The van der Waals surface area contributed by atoms with Gasteiger partial charge in [0, 0.05) is 10.0 Å². The van der Waals surface area contributed by atoms with E-state index in [9.17, 15) is 9.90 Å². The first-order valence-corrected chi connectivity index (χ1v) is 8.24. The van der Waals surface area contributed by atoms with Crippen LogP contribution >= 0.6 is 23.2 Å². The van der Waals surface area contributed by atoms with Crippen molar-refractivity contribution in [1.82, 2.24) is 4.90 Å². The second kappa shape index (κ2) is 6.52. The van der Waals surface area contributed by atoms with Crippen molar-refractivity contribution < 1.29 is 9.90 Å². The molecule has 1 aliphatic heterocycles. The van der Waals surface area contributed by atoms with Gasteiger partial charge in [-0.2, -0.15) is 0 Å². The molecule has 0 bridgehead atoms. The SMILES string of the molecule is CC1c2ccccc2C(O)CN1C(=O)Cc1c(Cl)cccc1Cl. The van der Waals surface area contributed by atoms with E-state index in [0.29, 0.717) is 15.6 Å². The van der Waals surface area contributed by atoms with E-state index >= 15 is 0 Å². The summed E-state index contributed by atoms with van der Waals surface area (Å²) in [7, 11) is 0. The van der Waals surface area contributed by atoms with Crippen molar-refractivity contribution in [3.63, 3.8) is 0 Å². The summed E-state index contributed by atoms with van der Waals surface area (Å²) in [4.78, 5) is 14.4. The Bertz CT molecular complexity index is 727. The lowest BCUT2D eigenvalue weighted by atomic mass is 9.91. The van der Waals surface area contributed by atoms with E-state index < -0.39 is 6.10 Å². The van der Waals surface area contributed by atoms with E-state index in [1.807, 2.05) is 31.2 Å². The van der Waals surface area contributed by atoms with E-state index in [-0.39, 0.29) is 24.9 Å². The van der Waals surface area contributed by atoms with Crippen LogP contribution in [0.3, 0.4) is 0 Å². The van der Waals surface area contributed by atoms with Gasteiger partial charge in [-0.05, 0) is 35.7 Å². The number of aliphatic hydroxyl groups is 1. The molecule has 120 valence electrons. The maximum absolute atomic E-state index is 12.7. The Labute approximate surface area is 145 Å². The molecule has 1 heterocycles. The topological polar surface area (TPSA) is 40.5 Å². The highest BCUT2D eigenvalue weighted by Gasteiger charge is 2.32. The number of benzene rings is 2. The number of β-amino-alcohol motifs (C(OH)–C–C–N with tert-alkyl or cyclic N) is 1. The Morgan fingerprint density at radius 2 is 1.74 bits per heavy atom. The Balaban J connectivity index is 1.86. The van der Waals surface area contributed by atoms with Gasteiger partial charge in [-0.1, -0.05) is 53.5 Å². The quantitative estimate of drug-likeness (QED) is 0.883. The molecule has 23 heavy (non-hydrogen) atoms. The molecule has 2 unspecified atom stereocenters. The molecule has 2 aromatic carbocycles. The van der Waals surface area contributed by atoms with Gasteiger partial charge >= 0.3 is 0 Å². The van der Waals surface area contributed by atoms with E-state index in [2.05, 4.69) is 0 Å². The highest BCUT2D eigenvalue weighted by Crippen LogP contribution is 2.35. The van der Waals surface area contributed by atoms with Crippen LogP contribution in [-0.2, 0) is 11.2 Å². The Hall–Kier alpha value is -1.55. The van der Waals surface area contributed by atoms with E-state index in [0.717, 1.165) is 11.1 Å². The summed E-state index contributed by atoms with van der Waals surface area (Å²) in [5.41, 5.74) is 2.49. The van der Waals surface area contributed by atoms with Gasteiger partial charge in [0.2, 0.25) is 5.91 Å². The summed E-state index contributed by atoms with van der Waals surface area (Å²) in [5, 5.41) is 11.3. The number of hydrogen-bond donors (Lipinski definition) is 1. The number of carbonyl (C=O) groups excluding carboxylic acids is 1. The second-order valence-electron chi connectivity index (χ2n) is 5.74. The summed E-state index contributed by atoms with van der Waals surface area (Å²) in [6.07, 6.45) is -0.550. The van der Waals surface area contributed by atoms with Crippen LogP contribution in [0.4, 0.5) is 0 Å². The Morgan fingerprint density at radius 3 is 2.39 bits per heavy atom. The van der Waals surface area contributed by atoms with Crippen molar-refractivity contribution in [1.29, 1.82) is 0 Å². The molecule has 2 aromatic rings. The fraction of sp³-hybridized carbons (Fsp3) is 0.278. The van der Waals surface area contributed by atoms with E-state index in [1.165, 1.54) is 0 Å². The molecule has 2 atom stereocenters. The van der Waals surface area contributed by atoms with Crippen molar-refractivity contribution in [2.45, 2.75) is 25.5 Å². The average Bonchev–Trinajstić information content (AvgIpc) is 2.54. The predicted molar refractivity (Wildman–Crippen MR) is 91.7 cm³/mol. The van der Waals surface area contributed by atoms with Crippen molar-refractivity contribution in [3.05, 3.63) is 69.2 Å². The molecule has 0 aliphatic carbocycles. The molecular weight excluding hydrogens is 333 g/mol. The Morgan fingerprint density at radius 1 is 1.13 bits per heavy atom. The zero-order valence-electron chi connectivity index (χ0n) is 12.7. The molecule has 1 aliphatic rings. The van der Waals surface area contributed by atoms with Gasteiger partial charge in [-0.3, -0.25) is 4.79 Å². The van der Waals surface area contributed by atoms with Crippen LogP contribution in [0.15, 0.2) is 42.5 Å². The van der Waals surface area contributed by atoms with Gasteiger partial charge in [0.05, 0.1) is 25.1 Å². The molecule has 3 rings (SSSR count). The third-order valence-corrected chi connectivity index (χ3v) is 5.06. The van der Waals surface area contributed by atoms with E-state index in [4.69, 9.17) is 23.2 Å². The van der Waals surface area contributed by atoms with Crippen LogP contribution in [-0.4, -0.2) is 22.5 Å². The molecule has 0 spiro atoms. The molecule has 0 radical (unpaired) electrons. The first kappa shape index (κ1) is 16.3. The van der Waals surface area contributed by atoms with Gasteiger partial charge in [-0.25, -0.2) is 0 Å². The largest absolute Gasteiger partial charge is 0.387 e. The van der Waals surface area contributed by atoms with Crippen LogP contribution in [0, 0.1) is 0 Å². The number of halogens is 2. The minimum Gasteiger partial charge on any atom is -0.387 e. The zero-order chi connectivity index (χ0) is 16.6. The lowest BCUT2D eigenvalue weighted by Crippen LogP contribution is -2.41. The number of amides is 1. The van der Waals surface area contributed by atoms with Crippen LogP contribution in [0.2, 0.25) is 10.0 Å². The van der Waals surface area contributed by atoms with Crippen LogP contribution < -0.4 is 0 Å². The van der Waals surface area contributed by atoms with Gasteiger partial charge < -0.3 is 10.0 Å². The van der Waals surface area contributed by atoms with Crippen LogP contribution in [0.5, 0.6) is 0 Å². The highest BCUT2D eigenvalue weighted by atomic mass is 35.5. The fourth-order valence-corrected chi connectivity index (χ4v) is 3.61. The smallest absolute Gasteiger partial charge is 0.227 e. The third-order valence-electron chi connectivity index (χ3n) is 4.35. The molecule has 0 saturated carbocycles. The number of fused-ring (bicyclic) bond motifs is 1. The standard InChI is InChI=1S/C18H17Cl2NO2/c1-11-12-5-2-3-6-13(12)17(22)10-21(11)18(23)9-14-15(19)7-4-8-16(14)20/h2-8,11,17,22H,9-10H2,1H3. The minimum absolute atomic E-state index is 0.0941. The van der Waals surface area contributed by atoms with Crippen molar-refractivity contribution >= 4 is 29.1 Å². The summed E-state index contributed by atoms with van der Waals surface area (Å²) >= 11 is 12.3. The number of carbonyl (C=O) groups is 1. The molecule has 0 aromatic heterocycles. The molecule has 5 heteroatoms. The number of hydrogen-bond acceptors (Lipinski definition) is 2. The van der Waals surface area contributed by atoms with E-state index in [1.54, 1.807) is 23.1 Å². The third kappa shape index (κ3) is 3.09. The molecule has 1 amide bonds. The van der Waals surface area contributed by atoms with Crippen LogP contribution in [0.25, 0.3) is 0 Å². The van der Waals surface area contributed by atoms with Gasteiger partial charge in [-0.15, -0.1) is 0 Å². The van der Waals surface area contributed by atoms with Crippen molar-refractivity contribution in [2.75, 3.05) is 6.54 Å². The monoisotopic (exact) mass is 349 g/mol. The number of aliphatic hydroxyl groups excluding tert-OH is 1. The van der Waals surface area contributed by atoms with Gasteiger partial charge in [0.1, 0.15) is 0 Å². The summed E-state index contributed by atoms with van der Waals surface area (Å²) in [6.45, 7) is 2.25. The van der Waals surface area contributed by atoms with Crippen molar-refractivity contribution in [2.24, 2.45) is 0 Å². The van der Waals surface area contributed by atoms with Gasteiger partial charge in [0.25, 0.3) is 0 Å². The maximum Gasteiger partial charge on any atom is 0.227 e. The lowest BCUT2D eigenvalue weighted by Gasteiger charge is -2.38. The molecule has 3 nitrogen and oxygen atoms in total. The predicted octanol–water partition coefficient (Wildman–Crippen LogP) is 4.17. The summed E-state index contributed by atoms with van der Waals surface area (Å²) in [5.74, 6) is -0.0962. The normalized spacial score (nSPS) is 20.3. The molecule has 0 fully saturated rings. The summed E-state index contributed by atoms with van der Waals surface area (Å²) in [6, 6.07) is 12.8. The minimum atomic E-state index is -0.673. The first-order chi connectivity index (χ1) is 11.0. The molecule has 0 saturated heterocycles. The molecular formula is C18H17Cl2NO2. The Kier molecular flexibility index (Phi) is 4.62. The maximum atomic E-state index is 12.7. The van der Waals surface area contributed by atoms with Crippen molar-refractivity contribution in [3.8, 4) is 0 Å². The second-order valence-corrected chi connectivity index (χ2v) is 6.56. The van der Waals surface area contributed by atoms with Crippen LogP contribution in [0.1, 0.15) is 35.8 Å². The fourth-order valence-electron chi connectivity index (χ4n) is 3.08. The average molecular weight is 350 g/mol. The first-order valence-electron chi connectivity index (χ1n) is 7.48. The lowest BCUT2D eigenvalue weighted by molar-refractivity contribution is -0.135. The summed E-state index contributed by atoms with van der Waals surface area (Å²) < 4.78 is 0. The molecule has 1 N–H and O–H groups in total. The zero-order valence-corrected chi connectivity index (χ0v) is 14.2. The van der Waals surface area contributed by atoms with Gasteiger partial charge in [0.15, 0.2) is 0 Å². The highest BCUT2D eigenvalue weighted by molar-refractivity contribution is 6.36.